The van der Waals surface area contributed by atoms with Crippen molar-refractivity contribution in [2.24, 2.45) is 0 Å². The third kappa shape index (κ3) is 4.02. The number of anilines is 1. The molecule has 1 fully saturated rings. The van der Waals surface area contributed by atoms with Gasteiger partial charge in [-0.1, -0.05) is 36.4 Å². The summed E-state index contributed by atoms with van der Waals surface area (Å²) in [5.74, 6) is 1.52. The van der Waals surface area contributed by atoms with Crippen molar-refractivity contribution in [2.75, 3.05) is 25.2 Å². The zero-order chi connectivity index (χ0) is 22.8. The fraction of sp³-hybridized carbons (Fsp3) is 0.231. The summed E-state index contributed by atoms with van der Waals surface area (Å²) in [6.45, 7) is 1.35. The van der Waals surface area contributed by atoms with Crippen LogP contribution in [0.1, 0.15) is 18.2 Å². The lowest BCUT2D eigenvalue weighted by atomic mass is 10.1. The maximum Gasteiger partial charge on any atom is 0.227 e. The number of para-hydroxylation sites is 5. The SMILES string of the molecule is COc1ccccc1OCCn1c([C@H]2CC(=O)N(c3ccccc3F)C2)nc2ccccc21. The van der Waals surface area contributed by atoms with Crippen molar-refractivity contribution in [3.63, 3.8) is 0 Å². The molecule has 0 spiro atoms. The topological polar surface area (TPSA) is 56.6 Å². The summed E-state index contributed by atoms with van der Waals surface area (Å²) < 4.78 is 27.8. The third-order valence-electron chi connectivity index (χ3n) is 5.96. The average molecular weight is 445 g/mol. The van der Waals surface area contributed by atoms with Crippen LogP contribution in [-0.2, 0) is 11.3 Å². The monoisotopic (exact) mass is 445 g/mol. The zero-order valence-electron chi connectivity index (χ0n) is 18.3. The number of hydrogen-bond donors (Lipinski definition) is 0. The summed E-state index contributed by atoms with van der Waals surface area (Å²) in [6, 6.07) is 21.8. The van der Waals surface area contributed by atoms with Crippen LogP contribution in [0.4, 0.5) is 10.1 Å². The van der Waals surface area contributed by atoms with Crippen molar-refractivity contribution >= 4 is 22.6 Å². The molecule has 5 rings (SSSR count). The number of aromatic nitrogens is 2. The van der Waals surface area contributed by atoms with Crippen LogP contribution in [0.2, 0.25) is 0 Å². The second-order valence-electron chi connectivity index (χ2n) is 7.97. The number of imidazole rings is 1. The smallest absolute Gasteiger partial charge is 0.227 e. The van der Waals surface area contributed by atoms with Gasteiger partial charge in [-0.05, 0) is 36.4 Å². The number of carbonyl (C=O) groups is 1. The number of rotatable bonds is 7. The Balaban J connectivity index is 1.41. The Morgan fingerprint density at radius 1 is 1.00 bits per heavy atom. The lowest BCUT2D eigenvalue weighted by Crippen LogP contribution is -2.25. The molecule has 0 saturated carbocycles. The Morgan fingerprint density at radius 3 is 2.55 bits per heavy atom. The number of halogens is 1. The van der Waals surface area contributed by atoms with Gasteiger partial charge in [0, 0.05) is 18.9 Å². The molecule has 0 bridgehead atoms. The van der Waals surface area contributed by atoms with Crippen molar-refractivity contribution in [1.82, 2.24) is 9.55 Å². The molecule has 1 aliphatic rings. The molecule has 0 aliphatic carbocycles. The number of fused-ring (bicyclic) bond motifs is 1. The zero-order valence-corrected chi connectivity index (χ0v) is 18.3. The van der Waals surface area contributed by atoms with Crippen LogP contribution >= 0.6 is 0 Å². The number of carbonyl (C=O) groups excluding carboxylic acids is 1. The van der Waals surface area contributed by atoms with Gasteiger partial charge in [0.15, 0.2) is 11.5 Å². The van der Waals surface area contributed by atoms with Gasteiger partial charge in [-0.15, -0.1) is 0 Å². The van der Waals surface area contributed by atoms with Gasteiger partial charge in [0.05, 0.1) is 30.4 Å². The maximum absolute atomic E-state index is 14.3. The number of nitrogens with zero attached hydrogens (tertiary/aromatic N) is 3. The number of benzene rings is 3. The second-order valence-corrected chi connectivity index (χ2v) is 7.97. The number of hydrogen-bond acceptors (Lipinski definition) is 4. The van der Waals surface area contributed by atoms with E-state index < -0.39 is 5.82 Å². The molecule has 1 saturated heterocycles. The highest BCUT2D eigenvalue weighted by atomic mass is 19.1. The van der Waals surface area contributed by atoms with Gasteiger partial charge in [-0.25, -0.2) is 9.37 Å². The molecule has 4 aromatic rings. The van der Waals surface area contributed by atoms with Gasteiger partial charge < -0.3 is 18.9 Å². The van der Waals surface area contributed by atoms with Gasteiger partial charge in [-0.3, -0.25) is 4.79 Å². The molecule has 1 amide bonds. The van der Waals surface area contributed by atoms with E-state index in [-0.39, 0.29) is 18.2 Å². The molecule has 168 valence electrons. The van der Waals surface area contributed by atoms with E-state index in [9.17, 15) is 9.18 Å². The highest BCUT2D eigenvalue weighted by Crippen LogP contribution is 2.34. The first-order valence-electron chi connectivity index (χ1n) is 10.9. The largest absolute Gasteiger partial charge is 0.493 e. The summed E-state index contributed by atoms with van der Waals surface area (Å²) in [7, 11) is 1.61. The van der Waals surface area contributed by atoms with E-state index in [1.54, 1.807) is 25.3 Å². The minimum atomic E-state index is -0.398. The summed E-state index contributed by atoms with van der Waals surface area (Å²) in [6.07, 6.45) is 0.283. The Hall–Kier alpha value is -3.87. The fourth-order valence-corrected chi connectivity index (χ4v) is 4.41. The lowest BCUT2D eigenvalue weighted by Gasteiger charge is -2.18. The van der Waals surface area contributed by atoms with Gasteiger partial charge in [0.2, 0.25) is 5.91 Å². The fourth-order valence-electron chi connectivity index (χ4n) is 4.41. The van der Waals surface area contributed by atoms with E-state index in [1.807, 2.05) is 48.5 Å². The molecule has 3 aromatic carbocycles. The molecule has 0 N–H and O–H groups in total. The summed E-state index contributed by atoms with van der Waals surface area (Å²) >= 11 is 0. The standard InChI is InChI=1S/C26H24FN3O3/c1-32-23-12-6-7-13-24(23)33-15-14-29-22-11-5-3-9-20(22)28-26(29)18-16-25(31)30(17-18)21-10-4-2-8-19(21)27/h2-13,18H,14-17H2,1H3/t18-/m0/s1. The van der Waals surface area contributed by atoms with E-state index in [4.69, 9.17) is 14.5 Å². The minimum Gasteiger partial charge on any atom is -0.493 e. The van der Waals surface area contributed by atoms with Crippen LogP contribution in [-0.4, -0.2) is 35.7 Å². The van der Waals surface area contributed by atoms with Gasteiger partial charge in [0.1, 0.15) is 18.2 Å². The highest BCUT2D eigenvalue weighted by molar-refractivity contribution is 5.96. The van der Waals surface area contributed by atoms with Crippen LogP contribution in [0.25, 0.3) is 11.0 Å². The van der Waals surface area contributed by atoms with Crippen LogP contribution in [0.5, 0.6) is 11.5 Å². The average Bonchev–Trinajstić information content (AvgIpc) is 3.40. The van der Waals surface area contributed by atoms with Gasteiger partial charge in [0.25, 0.3) is 0 Å². The van der Waals surface area contributed by atoms with Crippen LogP contribution in [0.15, 0.2) is 72.8 Å². The Kier molecular flexibility index (Phi) is 5.69. The maximum atomic E-state index is 14.3. The second kappa shape index (κ2) is 8.94. The first-order valence-corrected chi connectivity index (χ1v) is 10.9. The van der Waals surface area contributed by atoms with Gasteiger partial charge >= 0.3 is 0 Å². The van der Waals surface area contributed by atoms with Gasteiger partial charge in [-0.2, -0.15) is 0 Å². The molecule has 0 radical (unpaired) electrons. The van der Waals surface area contributed by atoms with Crippen LogP contribution < -0.4 is 14.4 Å². The number of ether oxygens (including phenoxy) is 2. The molecular formula is C26H24FN3O3. The van der Waals surface area contributed by atoms with E-state index in [2.05, 4.69) is 4.57 Å². The molecule has 1 atom stereocenters. The lowest BCUT2D eigenvalue weighted by molar-refractivity contribution is -0.117. The normalized spacial score (nSPS) is 15.9. The molecule has 6 nitrogen and oxygen atoms in total. The van der Waals surface area contributed by atoms with Crippen molar-refractivity contribution in [1.29, 1.82) is 0 Å². The first-order chi connectivity index (χ1) is 16.2. The van der Waals surface area contributed by atoms with E-state index in [1.165, 1.54) is 11.0 Å². The Morgan fingerprint density at radius 2 is 1.73 bits per heavy atom. The molecular weight excluding hydrogens is 421 g/mol. The Bertz CT molecular complexity index is 1300. The number of methoxy groups -OCH3 is 1. The molecule has 33 heavy (non-hydrogen) atoms. The molecule has 1 aromatic heterocycles. The predicted molar refractivity (Wildman–Crippen MR) is 124 cm³/mol. The summed E-state index contributed by atoms with van der Waals surface area (Å²) in [5, 5.41) is 0. The summed E-state index contributed by atoms with van der Waals surface area (Å²) in [4.78, 5) is 19.2. The minimum absolute atomic E-state index is 0.103. The quantitative estimate of drug-likeness (QED) is 0.411. The first kappa shape index (κ1) is 21.0. The Labute approximate surface area is 191 Å². The van der Waals surface area contributed by atoms with Crippen molar-refractivity contribution in [3.8, 4) is 11.5 Å². The molecule has 7 heteroatoms. The highest BCUT2D eigenvalue weighted by Gasteiger charge is 2.35. The predicted octanol–water partition coefficient (Wildman–Crippen LogP) is 4.78. The van der Waals surface area contributed by atoms with E-state index >= 15 is 0 Å². The van der Waals surface area contributed by atoms with Crippen LogP contribution in [0, 0.1) is 5.82 Å². The van der Waals surface area contributed by atoms with Crippen molar-refractivity contribution in [2.45, 2.75) is 18.9 Å². The van der Waals surface area contributed by atoms with Crippen LogP contribution in [0.3, 0.4) is 0 Å². The third-order valence-corrected chi connectivity index (χ3v) is 5.96. The summed E-state index contributed by atoms with van der Waals surface area (Å²) in [5.41, 5.74) is 2.15. The van der Waals surface area contributed by atoms with E-state index in [0.29, 0.717) is 36.9 Å². The number of amides is 1. The molecule has 1 aliphatic heterocycles. The van der Waals surface area contributed by atoms with Crippen molar-refractivity contribution < 1.29 is 18.7 Å². The van der Waals surface area contributed by atoms with Crippen molar-refractivity contribution in [3.05, 3.63) is 84.4 Å². The molecule has 0 unspecified atom stereocenters. The van der Waals surface area contributed by atoms with E-state index in [0.717, 1.165) is 16.9 Å². The molecule has 2 heterocycles.